The molecule has 0 radical (unpaired) electrons. The van der Waals surface area contributed by atoms with E-state index in [2.05, 4.69) is 20.7 Å². The Morgan fingerprint density at radius 3 is 2.67 bits per heavy atom. The quantitative estimate of drug-likeness (QED) is 0.809. The molecule has 18 heavy (non-hydrogen) atoms. The summed E-state index contributed by atoms with van der Waals surface area (Å²) in [4.78, 5) is 0.00782. The van der Waals surface area contributed by atoms with Crippen LogP contribution >= 0.6 is 15.9 Å². The van der Waals surface area contributed by atoms with Gasteiger partial charge in [-0.2, -0.15) is 0 Å². The lowest BCUT2D eigenvalue weighted by molar-refractivity contribution is 0.0834. The first kappa shape index (κ1) is 15.6. The first-order valence-corrected chi connectivity index (χ1v) is 7.67. The molecule has 0 bridgehead atoms. The van der Waals surface area contributed by atoms with Crippen LogP contribution in [0.2, 0.25) is 0 Å². The number of ether oxygens (including phenoxy) is 1. The number of rotatable bonds is 6. The average Bonchev–Trinajstić information content (AvgIpc) is 2.23. The van der Waals surface area contributed by atoms with E-state index in [4.69, 9.17) is 4.74 Å². The second-order valence-corrected chi connectivity index (χ2v) is 6.48. The SMILES string of the molecule is CC(C)OCCNS(=O)(=O)c1ccc(F)cc1Br. The molecule has 102 valence electrons. The highest BCUT2D eigenvalue weighted by atomic mass is 79.9. The Hall–Kier alpha value is -0.500. The van der Waals surface area contributed by atoms with Crippen molar-refractivity contribution < 1.29 is 17.5 Å². The summed E-state index contributed by atoms with van der Waals surface area (Å²) in [6.07, 6.45) is 0.0482. The molecule has 0 unspecified atom stereocenters. The van der Waals surface area contributed by atoms with Crippen LogP contribution < -0.4 is 4.72 Å². The highest BCUT2D eigenvalue weighted by Gasteiger charge is 2.17. The van der Waals surface area contributed by atoms with E-state index in [0.29, 0.717) is 0 Å². The molecule has 1 aromatic rings. The van der Waals surface area contributed by atoms with Crippen LogP contribution in [0.15, 0.2) is 27.6 Å². The van der Waals surface area contributed by atoms with E-state index < -0.39 is 15.8 Å². The molecule has 0 aliphatic carbocycles. The molecule has 0 fully saturated rings. The molecule has 1 aromatic carbocycles. The van der Waals surface area contributed by atoms with E-state index >= 15 is 0 Å². The van der Waals surface area contributed by atoms with Crippen LogP contribution in [0.25, 0.3) is 0 Å². The fourth-order valence-corrected chi connectivity index (χ4v) is 3.30. The summed E-state index contributed by atoms with van der Waals surface area (Å²) in [5, 5.41) is 0. The molecule has 0 amide bonds. The van der Waals surface area contributed by atoms with E-state index in [1.165, 1.54) is 6.07 Å². The van der Waals surface area contributed by atoms with Crippen LogP contribution in [-0.2, 0) is 14.8 Å². The highest BCUT2D eigenvalue weighted by Crippen LogP contribution is 2.22. The van der Waals surface area contributed by atoms with Crippen LogP contribution in [0.3, 0.4) is 0 Å². The van der Waals surface area contributed by atoms with Crippen LogP contribution in [0.4, 0.5) is 4.39 Å². The Bertz CT molecular complexity index is 505. The van der Waals surface area contributed by atoms with Gasteiger partial charge < -0.3 is 4.74 Å². The van der Waals surface area contributed by atoms with Gasteiger partial charge in [-0.05, 0) is 48.0 Å². The van der Waals surface area contributed by atoms with Gasteiger partial charge in [0.05, 0.1) is 17.6 Å². The molecule has 0 atom stereocenters. The molecule has 0 saturated heterocycles. The monoisotopic (exact) mass is 339 g/mol. The average molecular weight is 340 g/mol. The van der Waals surface area contributed by atoms with E-state index in [-0.39, 0.29) is 28.6 Å². The largest absolute Gasteiger partial charge is 0.377 e. The molecule has 0 aliphatic heterocycles. The van der Waals surface area contributed by atoms with Crippen molar-refractivity contribution in [3.63, 3.8) is 0 Å². The summed E-state index contributed by atoms with van der Waals surface area (Å²) >= 11 is 3.02. The number of benzene rings is 1. The van der Waals surface area contributed by atoms with Crippen molar-refractivity contribution in [2.24, 2.45) is 0 Å². The van der Waals surface area contributed by atoms with Crippen LogP contribution in [0, 0.1) is 5.82 Å². The number of hydrogen-bond acceptors (Lipinski definition) is 3. The minimum atomic E-state index is -3.65. The minimum absolute atomic E-state index is 0.00782. The van der Waals surface area contributed by atoms with E-state index in [9.17, 15) is 12.8 Å². The zero-order chi connectivity index (χ0) is 13.8. The van der Waals surface area contributed by atoms with Gasteiger partial charge >= 0.3 is 0 Å². The van der Waals surface area contributed by atoms with Crippen molar-refractivity contribution in [1.82, 2.24) is 4.72 Å². The molecule has 0 spiro atoms. The first-order valence-electron chi connectivity index (χ1n) is 5.39. The molecule has 0 saturated carbocycles. The highest BCUT2D eigenvalue weighted by molar-refractivity contribution is 9.10. The Morgan fingerprint density at radius 1 is 1.44 bits per heavy atom. The summed E-state index contributed by atoms with van der Waals surface area (Å²) in [7, 11) is -3.65. The predicted molar refractivity (Wildman–Crippen MR) is 70.4 cm³/mol. The van der Waals surface area contributed by atoms with Crippen LogP contribution in [-0.4, -0.2) is 27.7 Å². The summed E-state index contributed by atoms with van der Waals surface area (Å²) < 4.78 is 44.4. The predicted octanol–water partition coefficient (Wildman–Crippen LogP) is 2.29. The maximum absolute atomic E-state index is 12.9. The smallest absolute Gasteiger partial charge is 0.241 e. The van der Waals surface area contributed by atoms with Crippen molar-refractivity contribution in [2.45, 2.75) is 24.8 Å². The lowest BCUT2D eigenvalue weighted by Crippen LogP contribution is -2.28. The Kier molecular flexibility index (Phi) is 5.71. The van der Waals surface area contributed by atoms with E-state index in [0.717, 1.165) is 12.1 Å². The van der Waals surface area contributed by atoms with Crippen LogP contribution in [0.1, 0.15) is 13.8 Å². The molecule has 4 nitrogen and oxygen atoms in total. The topological polar surface area (TPSA) is 55.4 Å². The number of sulfonamides is 1. The van der Waals surface area contributed by atoms with Crippen molar-refractivity contribution in [1.29, 1.82) is 0 Å². The molecule has 7 heteroatoms. The third-order valence-electron chi connectivity index (χ3n) is 2.03. The van der Waals surface area contributed by atoms with Gasteiger partial charge in [-0.3, -0.25) is 0 Å². The van der Waals surface area contributed by atoms with Gasteiger partial charge in [0.25, 0.3) is 0 Å². The lowest BCUT2D eigenvalue weighted by Gasteiger charge is -2.10. The Labute approximate surface area is 115 Å². The fourth-order valence-electron chi connectivity index (χ4n) is 1.24. The number of nitrogens with one attached hydrogen (secondary N) is 1. The molecule has 0 aliphatic rings. The summed E-state index contributed by atoms with van der Waals surface area (Å²) in [5.41, 5.74) is 0. The molecule has 0 aromatic heterocycles. The number of hydrogen-bond donors (Lipinski definition) is 1. The molecule has 1 N–H and O–H groups in total. The van der Waals surface area contributed by atoms with Gasteiger partial charge in [0, 0.05) is 11.0 Å². The van der Waals surface area contributed by atoms with Gasteiger partial charge in [0.2, 0.25) is 10.0 Å². The second-order valence-electron chi connectivity index (χ2n) is 3.89. The second kappa shape index (κ2) is 6.60. The minimum Gasteiger partial charge on any atom is -0.377 e. The van der Waals surface area contributed by atoms with Crippen molar-refractivity contribution in [3.8, 4) is 0 Å². The van der Waals surface area contributed by atoms with E-state index in [1.54, 1.807) is 0 Å². The summed E-state index contributed by atoms with van der Waals surface area (Å²) in [5.74, 6) is -0.496. The van der Waals surface area contributed by atoms with Crippen molar-refractivity contribution >= 4 is 26.0 Å². The lowest BCUT2D eigenvalue weighted by atomic mass is 10.3. The standard InChI is InChI=1S/C11H15BrFNO3S/c1-8(2)17-6-5-14-18(15,16)11-4-3-9(13)7-10(11)12/h3-4,7-8,14H,5-6H2,1-2H3. The summed E-state index contributed by atoms with van der Waals surface area (Å²) in [6.45, 7) is 4.19. The molecule has 0 heterocycles. The molecular formula is C11H15BrFNO3S. The van der Waals surface area contributed by atoms with Gasteiger partial charge in [-0.1, -0.05) is 0 Å². The Balaban J connectivity index is 2.69. The third-order valence-corrected chi connectivity index (χ3v) is 4.47. The van der Waals surface area contributed by atoms with Gasteiger partial charge in [0.15, 0.2) is 0 Å². The first-order chi connectivity index (χ1) is 8.33. The number of halogens is 2. The van der Waals surface area contributed by atoms with Crippen molar-refractivity contribution in [3.05, 3.63) is 28.5 Å². The fraction of sp³-hybridized carbons (Fsp3) is 0.455. The normalized spacial score (nSPS) is 12.1. The van der Waals surface area contributed by atoms with Gasteiger partial charge in [0.1, 0.15) is 5.82 Å². The van der Waals surface area contributed by atoms with Crippen molar-refractivity contribution in [2.75, 3.05) is 13.2 Å². The maximum atomic E-state index is 12.9. The molecular weight excluding hydrogens is 325 g/mol. The summed E-state index contributed by atoms with van der Waals surface area (Å²) in [6, 6.07) is 3.42. The maximum Gasteiger partial charge on any atom is 0.241 e. The van der Waals surface area contributed by atoms with Gasteiger partial charge in [-0.25, -0.2) is 17.5 Å². The van der Waals surface area contributed by atoms with Gasteiger partial charge in [-0.15, -0.1) is 0 Å². The van der Waals surface area contributed by atoms with Crippen LogP contribution in [0.5, 0.6) is 0 Å². The zero-order valence-electron chi connectivity index (χ0n) is 10.1. The zero-order valence-corrected chi connectivity index (χ0v) is 12.5. The third kappa shape index (κ3) is 4.64. The Morgan fingerprint density at radius 2 is 2.11 bits per heavy atom. The van der Waals surface area contributed by atoms with E-state index in [1.807, 2.05) is 13.8 Å². The molecule has 1 rings (SSSR count).